The third kappa shape index (κ3) is 4.75. The standard InChI is InChI=1S/C37H34ClFN2O7/c1-37-25(34(46)41(36(37)48)20-11-14-27(39)26(38)17-20)18-24-22(32(37)31-21-8-5-4-7-19(21)10-15-28(31)42)12-13-23-30(24)35(47)40(33(23)45)16-6-2-3-9-29(43)44/h4-5,7-8,10-12,14-15,17,23-25,30,32,42H,2-3,6,9,13,16,18H2,1H3,(H,43,44)/t23-,24+,25-,30-,32+,37+/m0/s1. The van der Waals surface area contributed by atoms with Crippen molar-refractivity contribution < 1.29 is 38.6 Å². The lowest BCUT2D eigenvalue weighted by Gasteiger charge is -2.49. The summed E-state index contributed by atoms with van der Waals surface area (Å²) in [5.41, 5.74) is -0.0538. The van der Waals surface area contributed by atoms with Crippen molar-refractivity contribution in [3.05, 3.63) is 82.6 Å². The van der Waals surface area contributed by atoms with E-state index in [9.17, 15) is 33.5 Å². The summed E-state index contributed by atoms with van der Waals surface area (Å²) < 4.78 is 14.2. The molecule has 0 radical (unpaired) electrons. The average Bonchev–Trinajstić information content (AvgIpc) is 3.42. The molecule has 1 saturated carbocycles. The summed E-state index contributed by atoms with van der Waals surface area (Å²) in [5, 5.41) is 21.8. The first-order chi connectivity index (χ1) is 22.9. The highest BCUT2D eigenvalue weighted by molar-refractivity contribution is 6.31. The molecule has 3 aromatic rings. The number of anilines is 1. The number of amides is 4. The quantitative estimate of drug-likeness (QED) is 0.165. The van der Waals surface area contributed by atoms with Crippen LogP contribution in [-0.4, -0.2) is 51.3 Å². The highest BCUT2D eigenvalue weighted by atomic mass is 35.5. The molecule has 4 amide bonds. The zero-order valence-corrected chi connectivity index (χ0v) is 27.0. The fraction of sp³-hybridized carbons (Fsp3) is 0.378. The molecule has 9 nitrogen and oxygen atoms in total. The maximum atomic E-state index is 14.7. The van der Waals surface area contributed by atoms with Crippen LogP contribution >= 0.6 is 11.6 Å². The van der Waals surface area contributed by atoms with Gasteiger partial charge in [-0.05, 0) is 73.6 Å². The molecule has 2 N–H and O–H groups in total. The van der Waals surface area contributed by atoms with E-state index in [4.69, 9.17) is 16.7 Å². The summed E-state index contributed by atoms with van der Waals surface area (Å²) >= 11 is 6.09. The molecule has 248 valence electrons. The molecule has 6 atom stereocenters. The fourth-order valence-electron chi connectivity index (χ4n) is 8.79. The van der Waals surface area contributed by atoms with Crippen molar-refractivity contribution in [2.75, 3.05) is 11.4 Å². The Bertz CT molecular complexity index is 1940. The van der Waals surface area contributed by atoms with E-state index < -0.39 is 58.6 Å². The molecular weight excluding hydrogens is 639 g/mol. The molecule has 3 aromatic carbocycles. The number of aromatic hydroxyl groups is 1. The largest absolute Gasteiger partial charge is 0.508 e. The van der Waals surface area contributed by atoms with E-state index in [-0.39, 0.29) is 54.1 Å². The van der Waals surface area contributed by atoms with E-state index in [2.05, 4.69) is 0 Å². The number of likely N-dealkylation sites (tertiary alicyclic amines) is 1. The minimum absolute atomic E-state index is 0.0128. The number of carboxylic acid groups (broad SMARTS) is 1. The van der Waals surface area contributed by atoms with Crippen molar-refractivity contribution in [3.8, 4) is 5.75 Å². The van der Waals surface area contributed by atoms with Gasteiger partial charge < -0.3 is 10.2 Å². The zero-order valence-electron chi connectivity index (χ0n) is 26.2. The van der Waals surface area contributed by atoms with E-state index in [0.29, 0.717) is 30.2 Å². The van der Waals surface area contributed by atoms with Crippen molar-refractivity contribution >= 4 is 57.7 Å². The van der Waals surface area contributed by atoms with Crippen LogP contribution in [0.15, 0.2) is 66.2 Å². The number of fused-ring (bicyclic) bond motifs is 5. The van der Waals surface area contributed by atoms with E-state index >= 15 is 0 Å². The lowest BCUT2D eigenvalue weighted by atomic mass is 9.51. The Kier molecular flexibility index (Phi) is 7.89. The van der Waals surface area contributed by atoms with Gasteiger partial charge in [0, 0.05) is 24.4 Å². The Morgan fingerprint density at radius 1 is 0.979 bits per heavy atom. The van der Waals surface area contributed by atoms with Gasteiger partial charge in [-0.2, -0.15) is 0 Å². The number of unbranched alkanes of at least 4 members (excludes halogenated alkanes) is 2. The van der Waals surface area contributed by atoms with Gasteiger partial charge in [0.05, 0.1) is 33.9 Å². The lowest BCUT2D eigenvalue weighted by Crippen LogP contribution is -2.49. The van der Waals surface area contributed by atoms with Crippen molar-refractivity contribution in [3.63, 3.8) is 0 Å². The van der Waals surface area contributed by atoms with Gasteiger partial charge in [0.1, 0.15) is 11.6 Å². The maximum Gasteiger partial charge on any atom is 0.303 e. The van der Waals surface area contributed by atoms with Crippen molar-refractivity contribution in [1.29, 1.82) is 0 Å². The molecule has 0 aromatic heterocycles. The molecule has 0 unspecified atom stereocenters. The lowest BCUT2D eigenvalue weighted by molar-refractivity contribution is -0.141. The van der Waals surface area contributed by atoms with Crippen LogP contribution in [0, 0.1) is 34.9 Å². The fourth-order valence-corrected chi connectivity index (χ4v) is 8.96. The minimum Gasteiger partial charge on any atom is -0.508 e. The molecule has 11 heteroatoms. The number of phenolic OH excluding ortho intramolecular Hbond substituents is 1. The van der Waals surface area contributed by atoms with Crippen LogP contribution in [0.2, 0.25) is 5.02 Å². The monoisotopic (exact) mass is 672 g/mol. The number of hydrogen-bond acceptors (Lipinski definition) is 6. The van der Waals surface area contributed by atoms with Gasteiger partial charge in [-0.3, -0.25) is 28.9 Å². The summed E-state index contributed by atoms with van der Waals surface area (Å²) in [7, 11) is 0. The smallest absolute Gasteiger partial charge is 0.303 e. The second-order valence-corrected chi connectivity index (χ2v) is 13.9. The molecule has 2 aliphatic heterocycles. The summed E-state index contributed by atoms with van der Waals surface area (Å²) in [5.74, 6) is -6.98. The first kappa shape index (κ1) is 32.0. The van der Waals surface area contributed by atoms with E-state index in [1.54, 1.807) is 19.1 Å². The molecule has 48 heavy (non-hydrogen) atoms. The number of nitrogens with zero attached hydrogens (tertiary/aromatic N) is 2. The first-order valence-corrected chi connectivity index (χ1v) is 16.6. The summed E-state index contributed by atoms with van der Waals surface area (Å²) in [6, 6.07) is 14.5. The molecule has 7 rings (SSSR count). The van der Waals surface area contributed by atoms with Crippen LogP contribution in [-0.2, 0) is 24.0 Å². The van der Waals surface area contributed by atoms with Gasteiger partial charge in [-0.1, -0.05) is 60.0 Å². The van der Waals surface area contributed by atoms with Gasteiger partial charge in [-0.15, -0.1) is 0 Å². The van der Waals surface area contributed by atoms with Crippen molar-refractivity contribution in [1.82, 2.24) is 4.90 Å². The molecule has 2 saturated heterocycles. The van der Waals surface area contributed by atoms with Crippen LogP contribution in [0.1, 0.15) is 56.9 Å². The number of carbonyl (C=O) groups is 5. The number of phenols is 1. The van der Waals surface area contributed by atoms with Crippen LogP contribution in [0.3, 0.4) is 0 Å². The number of allylic oxidation sites excluding steroid dienone is 2. The normalized spacial score (nSPS) is 28.1. The summed E-state index contributed by atoms with van der Waals surface area (Å²) in [6.07, 6.45) is 3.80. The van der Waals surface area contributed by atoms with Gasteiger partial charge in [-0.25, -0.2) is 9.29 Å². The average molecular weight is 673 g/mol. The molecule has 4 aliphatic rings. The third-order valence-corrected chi connectivity index (χ3v) is 11.3. The zero-order chi connectivity index (χ0) is 34.1. The number of rotatable bonds is 8. The highest BCUT2D eigenvalue weighted by Gasteiger charge is 2.68. The molecule has 3 fully saturated rings. The van der Waals surface area contributed by atoms with Gasteiger partial charge in [0.2, 0.25) is 23.6 Å². The van der Waals surface area contributed by atoms with Gasteiger partial charge >= 0.3 is 5.97 Å². The van der Waals surface area contributed by atoms with Gasteiger partial charge in [0.15, 0.2) is 0 Å². The Balaban J connectivity index is 1.33. The Morgan fingerprint density at radius 3 is 2.50 bits per heavy atom. The maximum absolute atomic E-state index is 14.7. The minimum atomic E-state index is -1.40. The number of halogens is 2. The number of carboxylic acids is 1. The number of carbonyl (C=O) groups excluding carboxylic acids is 4. The molecule has 0 bridgehead atoms. The van der Waals surface area contributed by atoms with E-state index in [0.717, 1.165) is 21.9 Å². The molecule has 0 spiro atoms. The van der Waals surface area contributed by atoms with Crippen LogP contribution in [0.5, 0.6) is 5.75 Å². The number of imide groups is 2. The number of benzene rings is 3. The van der Waals surface area contributed by atoms with E-state index in [1.807, 2.05) is 30.3 Å². The van der Waals surface area contributed by atoms with Crippen LogP contribution in [0.4, 0.5) is 10.1 Å². The molecular formula is C37H34ClFN2O7. The second kappa shape index (κ2) is 11.8. The highest BCUT2D eigenvalue weighted by Crippen LogP contribution is 2.65. The predicted octanol–water partition coefficient (Wildman–Crippen LogP) is 6.21. The second-order valence-electron chi connectivity index (χ2n) is 13.5. The van der Waals surface area contributed by atoms with Crippen LogP contribution < -0.4 is 4.90 Å². The molecule has 2 aliphatic carbocycles. The predicted molar refractivity (Wildman–Crippen MR) is 174 cm³/mol. The third-order valence-electron chi connectivity index (χ3n) is 11.0. The molecule has 2 heterocycles. The Morgan fingerprint density at radius 2 is 1.75 bits per heavy atom. The number of aliphatic carboxylic acids is 1. The number of hydrogen-bond donors (Lipinski definition) is 2. The summed E-state index contributed by atoms with van der Waals surface area (Å²) in [6.45, 7) is 1.90. The van der Waals surface area contributed by atoms with E-state index in [1.165, 1.54) is 17.0 Å². The van der Waals surface area contributed by atoms with Crippen LogP contribution in [0.25, 0.3) is 10.8 Å². The first-order valence-electron chi connectivity index (χ1n) is 16.3. The SMILES string of the molecule is C[C@@]12C(=O)N(c3ccc(F)c(Cl)c3)C(=O)[C@@H]1C[C@@H]1C(=CC[C@@H]3C(=O)N(CCCCCC(=O)O)C(=O)[C@@H]31)[C@@H]2c1c(O)ccc2ccccc12. The summed E-state index contributed by atoms with van der Waals surface area (Å²) in [4.78, 5) is 70.0. The topological polar surface area (TPSA) is 132 Å². The van der Waals surface area contributed by atoms with Gasteiger partial charge in [0.25, 0.3) is 0 Å². The Hall–Kier alpha value is -4.57. The van der Waals surface area contributed by atoms with Crippen molar-refractivity contribution in [2.24, 2.45) is 29.1 Å². The Labute approximate surface area is 281 Å². The van der Waals surface area contributed by atoms with Crippen molar-refractivity contribution in [2.45, 2.75) is 51.4 Å².